The van der Waals surface area contributed by atoms with Crippen molar-refractivity contribution in [3.8, 4) is 16.9 Å². The summed E-state index contributed by atoms with van der Waals surface area (Å²) in [6, 6.07) is 9.72. The highest BCUT2D eigenvalue weighted by atomic mass is 35.5. The van der Waals surface area contributed by atoms with E-state index in [1.165, 1.54) is 5.56 Å². The Labute approximate surface area is 128 Å². The van der Waals surface area contributed by atoms with E-state index >= 15 is 0 Å². The summed E-state index contributed by atoms with van der Waals surface area (Å²) in [6.07, 6.45) is 0.870. The van der Waals surface area contributed by atoms with Crippen LogP contribution in [0.15, 0.2) is 30.3 Å². The quantitative estimate of drug-likeness (QED) is 0.901. The van der Waals surface area contributed by atoms with Gasteiger partial charge in [-0.2, -0.15) is 0 Å². The van der Waals surface area contributed by atoms with Crippen LogP contribution in [-0.4, -0.2) is 12.6 Å². The van der Waals surface area contributed by atoms with Gasteiger partial charge in [0.15, 0.2) is 0 Å². The molecule has 4 heteroatoms. The van der Waals surface area contributed by atoms with Crippen molar-refractivity contribution in [2.75, 3.05) is 6.54 Å². The molecule has 1 aliphatic heterocycles. The fraction of sp³-hybridized carbons (Fsp3) is 0.250. The number of aryl methyl sites for hydroxylation is 1. The molecule has 0 amide bonds. The Kier molecular flexibility index (Phi) is 3.63. The molecule has 0 aromatic heterocycles. The molecule has 2 aromatic rings. The Morgan fingerprint density at radius 3 is 2.60 bits per heavy atom. The third kappa shape index (κ3) is 2.28. The number of halogens is 2. The minimum atomic E-state index is 0.0341. The van der Waals surface area contributed by atoms with Crippen molar-refractivity contribution >= 4 is 23.2 Å². The Hall–Kier alpha value is -1.22. The van der Waals surface area contributed by atoms with E-state index in [1.54, 1.807) is 0 Å². The van der Waals surface area contributed by atoms with Crippen LogP contribution in [0.4, 0.5) is 0 Å². The van der Waals surface area contributed by atoms with Gasteiger partial charge in [0.2, 0.25) is 0 Å². The number of nitrogens with two attached hydrogens (primary N) is 1. The van der Waals surface area contributed by atoms with Crippen molar-refractivity contribution in [2.45, 2.75) is 19.4 Å². The van der Waals surface area contributed by atoms with E-state index in [0.29, 0.717) is 16.6 Å². The van der Waals surface area contributed by atoms with Gasteiger partial charge >= 0.3 is 0 Å². The number of hydrogen-bond donors (Lipinski definition) is 1. The van der Waals surface area contributed by atoms with E-state index in [0.717, 1.165) is 28.9 Å². The van der Waals surface area contributed by atoms with E-state index in [4.69, 9.17) is 33.7 Å². The van der Waals surface area contributed by atoms with E-state index in [9.17, 15) is 0 Å². The van der Waals surface area contributed by atoms with Crippen molar-refractivity contribution in [2.24, 2.45) is 5.73 Å². The lowest BCUT2D eigenvalue weighted by atomic mass is 9.97. The highest BCUT2D eigenvalue weighted by Gasteiger charge is 2.26. The first-order valence-electron chi connectivity index (χ1n) is 6.54. The van der Waals surface area contributed by atoms with Gasteiger partial charge in [0, 0.05) is 24.1 Å². The van der Waals surface area contributed by atoms with Crippen LogP contribution in [0.2, 0.25) is 10.0 Å². The van der Waals surface area contributed by atoms with Crippen molar-refractivity contribution in [1.82, 2.24) is 0 Å². The number of fused-ring (bicyclic) bond motifs is 1. The molecule has 1 aliphatic rings. The maximum atomic E-state index is 6.32. The standard InChI is InChI=1S/C16H15Cl2NO/c1-9-5-10-7-11(8-19)20-16(10)12(6-9)15-13(17)3-2-4-14(15)18/h2-6,11H,7-8,19H2,1H3/t11-/m0/s1. The van der Waals surface area contributed by atoms with Crippen molar-refractivity contribution in [3.05, 3.63) is 51.5 Å². The van der Waals surface area contributed by atoms with Crippen molar-refractivity contribution in [3.63, 3.8) is 0 Å². The summed E-state index contributed by atoms with van der Waals surface area (Å²) in [5.41, 5.74) is 9.84. The van der Waals surface area contributed by atoms with Gasteiger partial charge in [-0.1, -0.05) is 35.3 Å². The summed E-state index contributed by atoms with van der Waals surface area (Å²) in [6.45, 7) is 2.56. The van der Waals surface area contributed by atoms with Crippen LogP contribution in [-0.2, 0) is 6.42 Å². The fourth-order valence-electron chi connectivity index (χ4n) is 2.66. The molecule has 104 valence electrons. The van der Waals surface area contributed by atoms with Crippen LogP contribution < -0.4 is 10.5 Å². The van der Waals surface area contributed by atoms with Gasteiger partial charge in [0.25, 0.3) is 0 Å². The Balaban J connectivity index is 2.21. The number of hydrogen-bond acceptors (Lipinski definition) is 2. The lowest BCUT2D eigenvalue weighted by molar-refractivity contribution is 0.242. The molecule has 0 unspecified atom stereocenters. The summed E-state index contributed by atoms with van der Waals surface area (Å²) < 4.78 is 5.96. The third-order valence-electron chi connectivity index (χ3n) is 3.54. The lowest BCUT2D eigenvalue weighted by Crippen LogP contribution is -2.24. The minimum absolute atomic E-state index is 0.0341. The van der Waals surface area contributed by atoms with Gasteiger partial charge < -0.3 is 10.5 Å². The maximum Gasteiger partial charge on any atom is 0.131 e. The normalized spacial score (nSPS) is 16.9. The van der Waals surface area contributed by atoms with Crippen LogP contribution >= 0.6 is 23.2 Å². The minimum Gasteiger partial charge on any atom is -0.488 e. The molecule has 0 saturated carbocycles. The topological polar surface area (TPSA) is 35.2 Å². The largest absolute Gasteiger partial charge is 0.488 e. The molecule has 0 fully saturated rings. The summed E-state index contributed by atoms with van der Waals surface area (Å²) in [5, 5.41) is 1.26. The molecule has 0 bridgehead atoms. The molecule has 2 nitrogen and oxygen atoms in total. The Morgan fingerprint density at radius 1 is 1.25 bits per heavy atom. The van der Waals surface area contributed by atoms with E-state index < -0.39 is 0 Å². The zero-order valence-electron chi connectivity index (χ0n) is 11.1. The molecular formula is C16H15Cl2NO. The van der Waals surface area contributed by atoms with Crippen LogP contribution in [0.3, 0.4) is 0 Å². The Bertz CT molecular complexity index is 650. The second kappa shape index (κ2) is 5.28. The number of rotatable bonds is 2. The SMILES string of the molecule is Cc1cc2c(c(-c3c(Cl)cccc3Cl)c1)O[C@H](CN)C2. The number of benzene rings is 2. The summed E-state index contributed by atoms with van der Waals surface area (Å²) in [4.78, 5) is 0. The predicted octanol–water partition coefficient (Wildman–Crippen LogP) is 4.23. The first-order valence-corrected chi connectivity index (χ1v) is 7.30. The molecule has 1 atom stereocenters. The van der Waals surface area contributed by atoms with Gasteiger partial charge in [-0.25, -0.2) is 0 Å². The summed E-state index contributed by atoms with van der Waals surface area (Å²) in [5.74, 6) is 0.862. The molecule has 3 rings (SSSR count). The zero-order valence-corrected chi connectivity index (χ0v) is 12.6. The van der Waals surface area contributed by atoms with E-state index in [-0.39, 0.29) is 6.10 Å². The van der Waals surface area contributed by atoms with E-state index in [1.807, 2.05) is 18.2 Å². The van der Waals surface area contributed by atoms with Gasteiger partial charge in [-0.05, 0) is 36.2 Å². The molecule has 2 N–H and O–H groups in total. The molecule has 0 aliphatic carbocycles. The van der Waals surface area contributed by atoms with Gasteiger partial charge in [-0.15, -0.1) is 0 Å². The first-order chi connectivity index (χ1) is 9.60. The second-order valence-electron chi connectivity index (χ2n) is 5.08. The molecule has 0 radical (unpaired) electrons. The maximum absolute atomic E-state index is 6.32. The molecule has 0 saturated heterocycles. The van der Waals surface area contributed by atoms with Crippen LogP contribution in [0.5, 0.6) is 5.75 Å². The monoisotopic (exact) mass is 307 g/mol. The van der Waals surface area contributed by atoms with Crippen LogP contribution in [0.25, 0.3) is 11.1 Å². The molecular weight excluding hydrogens is 293 g/mol. The Morgan fingerprint density at radius 2 is 1.95 bits per heavy atom. The van der Waals surface area contributed by atoms with Crippen LogP contribution in [0, 0.1) is 6.92 Å². The third-order valence-corrected chi connectivity index (χ3v) is 4.17. The van der Waals surface area contributed by atoms with Gasteiger partial charge in [0.1, 0.15) is 11.9 Å². The fourth-order valence-corrected chi connectivity index (χ4v) is 3.27. The highest BCUT2D eigenvalue weighted by Crippen LogP contribution is 2.44. The predicted molar refractivity (Wildman–Crippen MR) is 83.8 cm³/mol. The molecule has 1 heterocycles. The number of ether oxygens (including phenoxy) is 1. The van der Waals surface area contributed by atoms with Crippen molar-refractivity contribution < 1.29 is 4.74 Å². The molecule has 2 aromatic carbocycles. The van der Waals surface area contributed by atoms with Crippen LogP contribution in [0.1, 0.15) is 11.1 Å². The first kappa shape index (κ1) is 13.7. The van der Waals surface area contributed by atoms with Gasteiger partial charge in [0.05, 0.1) is 10.0 Å². The molecule has 20 heavy (non-hydrogen) atoms. The average Bonchev–Trinajstić information content (AvgIpc) is 2.81. The molecule has 0 spiro atoms. The lowest BCUT2D eigenvalue weighted by Gasteiger charge is -2.14. The van der Waals surface area contributed by atoms with Crippen molar-refractivity contribution in [1.29, 1.82) is 0 Å². The van der Waals surface area contributed by atoms with E-state index in [2.05, 4.69) is 19.1 Å². The highest BCUT2D eigenvalue weighted by molar-refractivity contribution is 6.39. The smallest absolute Gasteiger partial charge is 0.131 e. The summed E-state index contributed by atoms with van der Waals surface area (Å²) in [7, 11) is 0. The second-order valence-corrected chi connectivity index (χ2v) is 5.89. The zero-order chi connectivity index (χ0) is 14.3. The summed E-state index contributed by atoms with van der Waals surface area (Å²) >= 11 is 12.6. The average molecular weight is 308 g/mol. The van der Waals surface area contributed by atoms with Gasteiger partial charge in [-0.3, -0.25) is 0 Å².